The third kappa shape index (κ3) is 3.53. The van der Waals surface area contributed by atoms with Gasteiger partial charge in [-0.3, -0.25) is 0 Å². The number of nitriles is 1. The number of aromatic carboxylic acids is 1. The summed E-state index contributed by atoms with van der Waals surface area (Å²) in [5.74, 6) is -0.0796. The number of carboxylic acid groups (broad SMARTS) is 1. The maximum absolute atomic E-state index is 10.7. The highest BCUT2D eigenvalue weighted by atomic mass is 16.5. The van der Waals surface area contributed by atoms with E-state index in [4.69, 9.17) is 19.5 Å². The number of anilines is 1. The molecule has 0 amide bonds. The van der Waals surface area contributed by atoms with Gasteiger partial charge in [0.1, 0.15) is 17.6 Å². The Kier molecular flexibility index (Phi) is 4.24. The van der Waals surface area contributed by atoms with Crippen LogP contribution in [-0.2, 0) is 6.54 Å². The van der Waals surface area contributed by atoms with Crippen molar-refractivity contribution in [3.63, 3.8) is 0 Å². The van der Waals surface area contributed by atoms with Gasteiger partial charge in [0.15, 0.2) is 6.61 Å². The molecule has 1 aromatic carbocycles. The van der Waals surface area contributed by atoms with Crippen molar-refractivity contribution in [3.8, 4) is 11.8 Å². The van der Waals surface area contributed by atoms with E-state index in [-0.39, 0.29) is 12.4 Å². The van der Waals surface area contributed by atoms with Crippen molar-refractivity contribution in [1.82, 2.24) is 0 Å². The molecule has 0 saturated heterocycles. The zero-order chi connectivity index (χ0) is 14.4. The minimum atomic E-state index is -1.09. The molecular formula is C14H12N2O4. The predicted molar refractivity (Wildman–Crippen MR) is 70.5 cm³/mol. The van der Waals surface area contributed by atoms with Crippen LogP contribution in [0.2, 0.25) is 0 Å². The van der Waals surface area contributed by atoms with Gasteiger partial charge in [-0.05, 0) is 24.3 Å². The summed E-state index contributed by atoms with van der Waals surface area (Å²) in [6.45, 7) is 0.346. The number of nitrogens with one attached hydrogen (secondary N) is 1. The van der Waals surface area contributed by atoms with Gasteiger partial charge in [0.2, 0.25) is 5.76 Å². The number of carboxylic acids is 1. The van der Waals surface area contributed by atoms with Crippen LogP contribution < -0.4 is 10.1 Å². The van der Waals surface area contributed by atoms with Crippen molar-refractivity contribution < 1.29 is 19.1 Å². The number of rotatable bonds is 6. The summed E-state index contributed by atoms with van der Waals surface area (Å²) in [5, 5.41) is 20.3. The lowest BCUT2D eigenvalue weighted by molar-refractivity contribution is 0.0660. The maximum Gasteiger partial charge on any atom is 0.371 e. The number of ether oxygens (including phenoxy) is 1. The molecule has 1 heterocycles. The third-order valence-electron chi connectivity index (χ3n) is 2.48. The van der Waals surface area contributed by atoms with Crippen molar-refractivity contribution in [2.75, 3.05) is 11.9 Å². The van der Waals surface area contributed by atoms with Gasteiger partial charge in [-0.25, -0.2) is 4.79 Å². The Hall–Kier alpha value is -2.94. The third-order valence-corrected chi connectivity index (χ3v) is 2.48. The van der Waals surface area contributed by atoms with Gasteiger partial charge in [-0.15, -0.1) is 0 Å². The van der Waals surface area contributed by atoms with Crippen molar-refractivity contribution in [3.05, 3.63) is 47.9 Å². The van der Waals surface area contributed by atoms with Crippen molar-refractivity contribution >= 4 is 11.7 Å². The monoisotopic (exact) mass is 272 g/mol. The summed E-state index contributed by atoms with van der Waals surface area (Å²) in [6, 6.07) is 12.0. The highest BCUT2D eigenvalue weighted by Gasteiger charge is 2.08. The van der Waals surface area contributed by atoms with Crippen LogP contribution in [0.1, 0.15) is 16.3 Å². The average molecular weight is 272 g/mol. The topological polar surface area (TPSA) is 95.5 Å². The smallest absolute Gasteiger partial charge is 0.371 e. The number of furan rings is 1. The first-order valence-electron chi connectivity index (χ1n) is 5.85. The van der Waals surface area contributed by atoms with Crippen LogP contribution in [0.5, 0.6) is 5.75 Å². The Labute approximate surface area is 115 Å². The molecule has 102 valence electrons. The number of hydrogen-bond acceptors (Lipinski definition) is 5. The molecule has 0 radical (unpaired) electrons. The second-order valence-corrected chi connectivity index (χ2v) is 3.90. The largest absolute Gasteiger partial charge is 0.479 e. The summed E-state index contributed by atoms with van der Waals surface area (Å²) in [7, 11) is 0. The first kappa shape index (κ1) is 13.5. The first-order chi connectivity index (χ1) is 9.69. The van der Waals surface area contributed by atoms with Crippen LogP contribution in [0.3, 0.4) is 0 Å². The molecule has 0 aliphatic carbocycles. The summed E-state index contributed by atoms with van der Waals surface area (Å²) in [5.41, 5.74) is 0.786. The van der Waals surface area contributed by atoms with Crippen LogP contribution >= 0.6 is 0 Å². The molecule has 0 unspecified atom stereocenters. The molecule has 0 aliphatic heterocycles. The van der Waals surface area contributed by atoms with Crippen LogP contribution in [0, 0.1) is 11.3 Å². The van der Waals surface area contributed by atoms with Gasteiger partial charge < -0.3 is 19.6 Å². The van der Waals surface area contributed by atoms with E-state index in [0.717, 1.165) is 5.69 Å². The minimum absolute atomic E-state index is 0.0103. The van der Waals surface area contributed by atoms with Crippen LogP contribution in [0.25, 0.3) is 0 Å². The highest BCUT2D eigenvalue weighted by Crippen LogP contribution is 2.18. The summed E-state index contributed by atoms with van der Waals surface area (Å²) >= 11 is 0. The second-order valence-electron chi connectivity index (χ2n) is 3.90. The van der Waals surface area contributed by atoms with Crippen LogP contribution in [-0.4, -0.2) is 17.7 Å². The van der Waals surface area contributed by atoms with Crippen LogP contribution in [0.15, 0.2) is 40.8 Å². The fourth-order valence-corrected chi connectivity index (χ4v) is 1.59. The van der Waals surface area contributed by atoms with E-state index in [1.807, 2.05) is 12.1 Å². The quantitative estimate of drug-likeness (QED) is 0.838. The van der Waals surface area contributed by atoms with Gasteiger partial charge >= 0.3 is 5.97 Å². The maximum atomic E-state index is 10.7. The Morgan fingerprint density at radius 1 is 1.40 bits per heavy atom. The Balaban J connectivity index is 1.96. The Morgan fingerprint density at radius 3 is 2.95 bits per heavy atom. The molecule has 1 aromatic heterocycles. The molecule has 6 nitrogen and oxygen atoms in total. The van der Waals surface area contributed by atoms with Gasteiger partial charge in [0.25, 0.3) is 0 Å². The fourth-order valence-electron chi connectivity index (χ4n) is 1.59. The molecular weight excluding hydrogens is 260 g/mol. The lowest BCUT2D eigenvalue weighted by Gasteiger charge is -2.07. The average Bonchev–Trinajstić information content (AvgIpc) is 2.92. The SMILES string of the molecule is N#CCOc1cccc(NCc2ccc(C(=O)O)o2)c1. The molecule has 0 saturated carbocycles. The molecule has 0 atom stereocenters. The first-order valence-corrected chi connectivity index (χ1v) is 5.85. The molecule has 0 spiro atoms. The zero-order valence-electron chi connectivity index (χ0n) is 10.5. The lowest BCUT2D eigenvalue weighted by Crippen LogP contribution is -1.99. The molecule has 2 N–H and O–H groups in total. The number of hydrogen-bond donors (Lipinski definition) is 2. The van der Waals surface area contributed by atoms with Crippen molar-refractivity contribution in [2.45, 2.75) is 6.54 Å². The summed E-state index contributed by atoms with van der Waals surface area (Å²) in [6.07, 6.45) is 0. The van der Waals surface area contributed by atoms with Gasteiger partial charge in [0.05, 0.1) is 6.54 Å². The van der Waals surface area contributed by atoms with E-state index < -0.39 is 5.97 Å². The van der Waals surface area contributed by atoms with Gasteiger partial charge in [-0.1, -0.05) is 6.07 Å². The van der Waals surface area contributed by atoms with E-state index in [1.165, 1.54) is 6.07 Å². The van der Waals surface area contributed by atoms with E-state index in [9.17, 15) is 4.79 Å². The van der Waals surface area contributed by atoms with Crippen LogP contribution in [0.4, 0.5) is 5.69 Å². The van der Waals surface area contributed by atoms with E-state index in [1.54, 1.807) is 24.3 Å². The zero-order valence-corrected chi connectivity index (χ0v) is 10.5. The predicted octanol–water partition coefficient (Wildman–Crippen LogP) is 2.49. The second kappa shape index (κ2) is 6.29. The normalized spacial score (nSPS) is 9.75. The molecule has 2 rings (SSSR count). The molecule has 2 aromatic rings. The number of carbonyl (C=O) groups is 1. The Morgan fingerprint density at radius 2 is 2.25 bits per heavy atom. The van der Waals surface area contributed by atoms with Gasteiger partial charge in [-0.2, -0.15) is 5.26 Å². The molecule has 0 fully saturated rings. The summed E-state index contributed by atoms with van der Waals surface area (Å²) in [4.78, 5) is 10.7. The van der Waals surface area contributed by atoms with E-state index in [0.29, 0.717) is 18.1 Å². The standard InChI is InChI=1S/C14H12N2O4/c15-6-7-19-11-3-1-2-10(8-11)16-9-12-4-5-13(20-12)14(17)18/h1-5,8,16H,7,9H2,(H,17,18). The minimum Gasteiger partial charge on any atom is -0.479 e. The van der Waals surface area contributed by atoms with Crippen molar-refractivity contribution in [1.29, 1.82) is 5.26 Å². The molecule has 6 heteroatoms. The highest BCUT2D eigenvalue weighted by molar-refractivity contribution is 5.84. The van der Waals surface area contributed by atoms with E-state index in [2.05, 4.69) is 5.32 Å². The molecule has 20 heavy (non-hydrogen) atoms. The molecule has 0 bridgehead atoms. The number of benzene rings is 1. The summed E-state index contributed by atoms with van der Waals surface area (Å²) < 4.78 is 10.3. The molecule has 0 aliphatic rings. The fraction of sp³-hybridized carbons (Fsp3) is 0.143. The Bertz CT molecular complexity index is 643. The van der Waals surface area contributed by atoms with Gasteiger partial charge in [0, 0.05) is 11.8 Å². The van der Waals surface area contributed by atoms with Crippen molar-refractivity contribution in [2.24, 2.45) is 0 Å². The lowest BCUT2D eigenvalue weighted by atomic mass is 10.3. The van der Waals surface area contributed by atoms with E-state index >= 15 is 0 Å². The number of nitrogens with zero attached hydrogens (tertiary/aromatic N) is 1.